The lowest BCUT2D eigenvalue weighted by Gasteiger charge is -2.19. The van der Waals surface area contributed by atoms with Gasteiger partial charge in [-0.3, -0.25) is 18.5 Å². The number of nitrogens with zero attached hydrogens (tertiary/aromatic N) is 3. The zero-order valence-electron chi connectivity index (χ0n) is 18.1. The number of aromatic nitrogens is 4. The van der Waals surface area contributed by atoms with Gasteiger partial charge >= 0.3 is 23.5 Å². The van der Waals surface area contributed by atoms with Crippen LogP contribution in [0.2, 0.25) is 0 Å². The SMILES string of the molecule is Cn1c(=O)[nH]c2cc(-n3cc(C(=O)O)c(=O)n([C@@H]4CCc5c4cccc5C(F)(F)F)c3=O)ccc21. The van der Waals surface area contributed by atoms with Gasteiger partial charge in [0.15, 0.2) is 0 Å². The first-order chi connectivity index (χ1) is 16.5. The number of imidazole rings is 1. The molecule has 1 aliphatic carbocycles. The summed E-state index contributed by atoms with van der Waals surface area (Å²) < 4.78 is 43.5. The number of rotatable bonds is 3. The number of carboxylic acids is 1. The van der Waals surface area contributed by atoms with E-state index in [0.29, 0.717) is 15.6 Å². The summed E-state index contributed by atoms with van der Waals surface area (Å²) in [6.45, 7) is 0. The van der Waals surface area contributed by atoms with Gasteiger partial charge in [-0.1, -0.05) is 12.1 Å². The Morgan fingerprint density at radius 1 is 1.14 bits per heavy atom. The molecule has 0 amide bonds. The third-order valence-electron chi connectivity index (χ3n) is 6.37. The summed E-state index contributed by atoms with van der Waals surface area (Å²) in [5.74, 6) is -1.59. The van der Waals surface area contributed by atoms with Crippen LogP contribution < -0.4 is 16.9 Å². The third-order valence-corrected chi connectivity index (χ3v) is 6.37. The molecule has 2 N–H and O–H groups in total. The average Bonchev–Trinajstić information content (AvgIpc) is 3.33. The van der Waals surface area contributed by atoms with Crippen molar-refractivity contribution in [2.45, 2.75) is 25.1 Å². The highest BCUT2D eigenvalue weighted by Gasteiger charge is 2.38. The maximum atomic E-state index is 13.5. The molecule has 5 rings (SSSR count). The fourth-order valence-electron chi connectivity index (χ4n) is 4.72. The first-order valence-electron chi connectivity index (χ1n) is 10.5. The Bertz CT molecular complexity index is 1710. The van der Waals surface area contributed by atoms with E-state index >= 15 is 0 Å². The Labute approximate surface area is 193 Å². The molecule has 1 aliphatic rings. The molecule has 0 saturated heterocycles. The second kappa shape index (κ2) is 7.58. The third kappa shape index (κ3) is 3.40. The number of hydrogen-bond acceptors (Lipinski definition) is 4. The van der Waals surface area contributed by atoms with E-state index in [2.05, 4.69) is 4.98 Å². The number of H-pyrrole nitrogens is 1. The minimum absolute atomic E-state index is 0.0195. The maximum absolute atomic E-state index is 13.5. The molecule has 180 valence electrons. The summed E-state index contributed by atoms with van der Waals surface area (Å²) in [6.07, 6.45) is -3.74. The summed E-state index contributed by atoms with van der Waals surface area (Å²) in [7, 11) is 1.54. The molecule has 9 nitrogen and oxygen atoms in total. The maximum Gasteiger partial charge on any atom is 0.416 e. The van der Waals surface area contributed by atoms with E-state index in [1.54, 1.807) is 13.1 Å². The molecule has 2 aromatic heterocycles. The van der Waals surface area contributed by atoms with E-state index in [4.69, 9.17) is 0 Å². The molecular weight excluding hydrogens is 469 g/mol. The Morgan fingerprint density at radius 2 is 1.89 bits per heavy atom. The monoisotopic (exact) mass is 486 g/mol. The summed E-state index contributed by atoms with van der Waals surface area (Å²) in [6, 6.07) is 6.94. The van der Waals surface area contributed by atoms with Crippen LogP contribution in [-0.4, -0.2) is 29.8 Å². The molecule has 0 spiro atoms. The van der Waals surface area contributed by atoms with E-state index < -0.39 is 46.3 Å². The van der Waals surface area contributed by atoms with Crippen LogP contribution in [0.5, 0.6) is 0 Å². The molecule has 0 aliphatic heterocycles. The van der Waals surface area contributed by atoms with Crippen LogP contribution >= 0.6 is 0 Å². The highest BCUT2D eigenvalue weighted by molar-refractivity contribution is 5.87. The van der Waals surface area contributed by atoms with Crippen molar-refractivity contribution in [3.8, 4) is 5.69 Å². The Balaban J connectivity index is 1.76. The predicted octanol–water partition coefficient (Wildman–Crippen LogP) is 2.43. The minimum atomic E-state index is -4.61. The van der Waals surface area contributed by atoms with Gasteiger partial charge in [-0.05, 0) is 48.2 Å². The van der Waals surface area contributed by atoms with Crippen molar-refractivity contribution in [2.75, 3.05) is 0 Å². The van der Waals surface area contributed by atoms with Gasteiger partial charge in [0.25, 0.3) is 5.56 Å². The van der Waals surface area contributed by atoms with Gasteiger partial charge in [-0.15, -0.1) is 0 Å². The van der Waals surface area contributed by atoms with Crippen molar-refractivity contribution in [3.05, 3.63) is 96.2 Å². The van der Waals surface area contributed by atoms with Crippen molar-refractivity contribution in [1.82, 2.24) is 18.7 Å². The van der Waals surface area contributed by atoms with Crippen LogP contribution in [0.4, 0.5) is 13.2 Å². The number of aromatic amines is 1. The van der Waals surface area contributed by atoms with Gasteiger partial charge in [0, 0.05) is 13.2 Å². The molecule has 0 fully saturated rings. The number of alkyl halides is 3. The van der Waals surface area contributed by atoms with Crippen LogP contribution in [-0.2, 0) is 19.6 Å². The number of aryl methyl sites for hydroxylation is 1. The van der Waals surface area contributed by atoms with Crippen LogP contribution in [0, 0.1) is 0 Å². The number of halogens is 3. The molecule has 35 heavy (non-hydrogen) atoms. The smallest absolute Gasteiger partial charge is 0.416 e. The van der Waals surface area contributed by atoms with Gasteiger partial charge < -0.3 is 10.1 Å². The molecule has 4 aromatic rings. The summed E-state index contributed by atoms with van der Waals surface area (Å²) in [5, 5.41) is 9.62. The van der Waals surface area contributed by atoms with E-state index in [1.165, 1.54) is 28.8 Å². The van der Waals surface area contributed by atoms with Crippen molar-refractivity contribution in [3.63, 3.8) is 0 Å². The number of carboxylic acid groups (broad SMARTS) is 1. The Kier molecular flexibility index (Phi) is 4.86. The predicted molar refractivity (Wildman–Crippen MR) is 118 cm³/mol. The van der Waals surface area contributed by atoms with Crippen LogP contribution in [0.1, 0.15) is 39.5 Å². The van der Waals surface area contributed by atoms with E-state index in [1.807, 2.05) is 0 Å². The van der Waals surface area contributed by atoms with Gasteiger partial charge in [0.05, 0.1) is 28.3 Å². The zero-order valence-corrected chi connectivity index (χ0v) is 18.1. The topological polar surface area (TPSA) is 119 Å². The van der Waals surface area contributed by atoms with Gasteiger partial charge in [0.1, 0.15) is 5.56 Å². The summed E-state index contributed by atoms with van der Waals surface area (Å²) in [4.78, 5) is 52.9. The lowest BCUT2D eigenvalue weighted by Crippen LogP contribution is -2.43. The number of aromatic carboxylic acids is 1. The van der Waals surface area contributed by atoms with Crippen LogP contribution in [0.25, 0.3) is 16.7 Å². The van der Waals surface area contributed by atoms with Crippen molar-refractivity contribution in [1.29, 1.82) is 0 Å². The highest BCUT2D eigenvalue weighted by Crippen LogP contribution is 2.41. The number of hydrogen-bond donors (Lipinski definition) is 2. The normalized spacial score (nSPS) is 15.5. The number of nitrogens with one attached hydrogen (secondary N) is 1. The molecule has 1 atom stereocenters. The second-order valence-corrected chi connectivity index (χ2v) is 8.29. The lowest BCUT2D eigenvalue weighted by molar-refractivity contribution is -0.138. The van der Waals surface area contributed by atoms with Crippen molar-refractivity contribution in [2.24, 2.45) is 7.05 Å². The first kappa shape index (κ1) is 22.4. The number of carbonyl (C=O) groups is 1. The molecule has 0 saturated carbocycles. The summed E-state index contributed by atoms with van der Waals surface area (Å²) in [5.41, 5.74) is -2.78. The van der Waals surface area contributed by atoms with Gasteiger partial charge in [0.2, 0.25) is 0 Å². The van der Waals surface area contributed by atoms with Crippen LogP contribution in [0.15, 0.2) is 57.0 Å². The van der Waals surface area contributed by atoms with E-state index in [0.717, 1.165) is 16.8 Å². The van der Waals surface area contributed by atoms with Gasteiger partial charge in [-0.25, -0.2) is 14.4 Å². The zero-order chi connectivity index (χ0) is 25.2. The molecule has 12 heteroatoms. The van der Waals surface area contributed by atoms with Crippen molar-refractivity contribution >= 4 is 17.0 Å². The average molecular weight is 486 g/mol. The first-order valence-corrected chi connectivity index (χ1v) is 10.5. The fraction of sp³-hybridized carbons (Fsp3) is 0.217. The number of fused-ring (bicyclic) bond motifs is 2. The Hall–Kier alpha value is -4.35. The fourth-order valence-corrected chi connectivity index (χ4v) is 4.72. The number of benzene rings is 2. The standard InChI is InChI=1S/C23H17F3N4O5/c1-28-18-7-5-11(9-16(18)27-21(28)34)29-10-14(20(32)33)19(31)30(22(29)35)17-8-6-12-13(17)3-2-4-15(12)23(24,25)26/h2-5,7,9-10,17H,6,8H2,1H3,(H,27,34)(H,32,33)/t17-/m1/s1. The van der Waals surface area contributed by atoms with Crippen molar-refractivity contribution < 1.29 is 23.1 Å². The molecule has 0 unspecified atom stereocenters. The second-order valence-electron chi connectivity index (χ2n) is 8.29. The van der Waals surface area contributed by atoms with E-state index in [-0.39, 0.29) is 29.7 Å². The van der Waals surface area contributed by atoms with Crippen LogP contribution in [0.3, 0.4) is 0 Å². The van der Waals surface area contributed by atoms with Gasteiger partial charge in [-0.2, -0.15) is 13.2 Å². The molecule has 2 aromatic carbocycles. The quantitative estimate of drug-likeness (QED) is 0.461. The largest absolute Gasteiger partial charge is 0.477 e. The minimum Gasteiger partial charge on any atom is -0.477 e. The lowest BCUT2D eigenvalue weighted by atomic mass is 10.0. The molecular formula is C23H17F3N4O5. The Morgan fingerprint density at radius 3 is 2.57 bits per heavy atom. The molecule has 2 heterocycles. The molecule has 0 radical (unpaired) electrons. The highest BCUT2D eigenvalue weighted by atomic mass is 19.4. The molecule has 0 bridgehead atoms. The van der Waals surface area contributed by atoms with E-state index in [9.17, 15) is 37.5 Å². The summed E-state index contributed by atoms with van der Waals surface area (Å²) >= 11 is 0.